The van der Waals surface area contributed by atoms with Crippen LogP contribution in [-0.4, -0.2) is 46.3 Å². The van der Waals surface area contributed by atoms with E-state index in [2.05, 4.69) is 0 Å². The van der Waals surface area contributed by atoms with Crippen LogP contribution in [0, 0.1) is 0 Å². The fraction of sp³-hybridized carbons (Fsp3) is 0.500. The third kappa shape index (κ3) is 2.55. The molecule has 2 heterocycles. The molecular weight excluding hydrogens is 250 g/mol. The van der Waals surface area contributed by atoms with Crippen LogP contribution in [0.15, 0.2) is 12.1 Å². The second kappa shape index (κ2) is 4.71. The lowest BCUT2D eigenvalue weighted by molar-refractivity contribution is -0.00364. The van der Waals surface area contributed by atoms with Gasteiger partial charge in [-0.15, -0.1) is 11.3 Å². The molecule has 16 heavy (non-hydrogen) atoms. The van der Waals surface area contributed by atoms with Crippen LogP contribution in [0.3, 0.4) is 0 Å². The number of hydrogen-bond donors (Lipinski definition) is 2. The van der Waals surface area contributed by atoms with E-state index in [1.165, 1.54) is 16.2 Å². The summed E-state index contributed by atoms with van der Waals surface area (Å²) in [7, 11) is 0. The highest BCUT2D eigenvalue weighted by Crippen LogP contribution is 2.24. The number of piperidine rings is 1. The van der Waals surface area contributed by atoms with E-state index < -0.39 is 12.2 Å². The summed E-state index contributed by atoms with van der Waals surface area (Å²) >= 11 is 6.95. The molecule has 0 unspecified atom stereocenters. The maximum Gasteiger partial charge on any atom is 0.264 e. The van der Waals surface area contributed by atoms with Gasteiger partial charge in [0.25, 0.3) is 5.91 Å². The van der Waals surface area contributed by atoms with Crippen LogP contribution in [0.4, 0.5) is 0 Å². The molecule has 0 aromatic carbocycles. The number of nitrogens with zero attached hydrogens (tertiary/aromatic N) is 1. The zero-order chi connectivity index (χ0) is 11.7. The minimum absolute atomic E-state index is 0.185. The van der Waals surface area contributed by atoms with Crippen LogP contribution in [0.5, 0.6) is 0 Å². The van der Waals surface area contributed by atoms with Crippen LogP contribution in [0.2, 0.25) is 4.34 Å². The van der Waals surface area contributed by atoms with Crippen LogP contribution in [0.25, 0.3) is 0 Å². The number of carbonyl (C=O) groups is 1. The lowest BCUT2D eigenvalue weighted by atomic mass is 10.1. The number of hydrogen-bond acceptors (Lipinski definition) is 4. The molecule has 1 aromatic rings. The third-order valence-electron chi connectivity index (χ3n) is 2.48. The second-order valence-electron chi connectivity index (χ2n) is 3.86. The van der Waals surface area contributed by atoms with E-state index in [-0.39, 0.29) is 19.0 Å². The normalized spacial score (nSPS) is 25.8. The Hall–Kier alpha value is -0.620. The number of aliphatic hydroxyl groups excluding tert-OH is 2. The molecule has 2 atom stereocenters. The molecule has 0 aliphatic carbocycles. The summed E-state index contributed by atoms with van der Waals surface area (Å²) in [5, 5.41) is 18.9. The van der Waals surface area contributed by atoms with Gasteiger partial charge in [0.05, 0.1) is 21.4 Å². The highest BCUT2D eigenvalue weighted by atomic mass is 35.5. The van der Waals surface area contributed by atoms with Gasteiger partial charge < -0.3 is 15.1 Å². The summed E-state index contributed by atoms with van der Waals surface area (Å²) in [6.07, 6.45) is -0.971. The molecule has 2 N–H and O–H groups in total. The number of amides is 1. The van der Waals surface area contributed by atoms with Gasteiger partial charge in [-0.1, -0.05) is 11.6 Å². The molecule has 2 rings (SSSR count). The van der Waals surface area contributed by atoms with E-state index in [0.29, 0.717) is 15.6 Å². The lowest BCUT2D eigenvalue weighted by Crippen LogP contribution is -2.48. The van der Waals surface area contributed by atoms with Gasteiger partial charge in [0.15, 0.2) is 0 Å². The van der Waals surface area contributed by atoms with Crippen molar-refractivity contribution < 1.29 is 15.0 Å². The number of rotatable bonds is 1. The van der Waals surface area contributed by atoms with Gasteiger partial charge in [0.2, 0.25) is 0 Å². The predicted molar refractivity (Wildman–Crippen MR) is 61.9 cm³/mol. The van der Waals surface area contributed by atoms with Crippen LogP contribution < -0.4 is 0 Å². The van der Waals surface area contributed by atoms with Crippen molar-refractivity contribution in [2.75, 3.05) is 13.1 Å². The molecule has 0 saturated carbocycles. The summed E-state index contributed by atoms with van der Waals surface area (Å²) in [5.41, 5.74) is 0. The first-order chi connectivity index (χ1) is 7.56. The van der Waals surface area contributed by atoms with E-state index in [4.69, 9.17) is 11.6 Å². The molecule has 0 bridgehead atoms. The first-order valence-electron chi connectivity index (χ1n) is 4.97. The average Bonchev–Trinajstić information content (AvgIpc) is 2.62. The minimum atomic E-state index is -0.650. The number of carbonyl (C=O) groups excluding carboxylic acids is 1. The number of aliphatic hydroxyl groups is 2. The fourth-order valence-electron chi connectivity index (χ4n) is 1.80. The smallest absolute Gasteiger partial charge is 0.264 e. The highest BCUT2D eigenvalue weighted by Gasteiger charge is 2.28. The maximum atomic E-state index is 12.0. The summed E-state index contributed by atoms with van der Waals surface area (Å²) in [6.45, 7) is 0.539. The number of halogens is 1. The van der Waals surface area contributed by atoms with Crippen molar-refractivity contribution in [1.82, 2.24) is 4.90 Å². The van der Waals surface area contributed by atoms with E-state index >= 15 is 0 Å². The molecule has 1 saturated heterocycles. The Bertz CT molecular complexity index is 385. The molecule has 4 nitrogen and oxygen atoms in total. The molecule has 1 amide bonds. The fourth-order valence-corrected chi connectivity index (χ4v) is 2.81. The van der Waals surface area contributed by atoms with Crippen molar-refractivity contribution in [1.29, 1.82) is 0 Å². The van der Waals surface area contributed by atoms with Gasteiger partial charge in [-0.2, -0.15) is 0 Å². The van der Waals surface area contributed by atoms with E-state index in [1.807, 2.05) is 0 Å². The third-order valence-corrected chi connectivity index (χ3v) is 3.70. The van der Waals surface area contributed by atoms with Crippen molar-refractivity contribution in [3.63, 3.8) is 0 Å². The van der Waals surface area contributed by atoms with Gasteiger partial charge in [-0.3, -0.25) is 4.79 Å². The maximum absolute atomic E-state index is 12.0. The predicted octanol–water partition coefficient (Wildman–Crippen LogP) is 0.969. The molecule has 1 aliphatic rings. The first kappa shape index (κ1) is 11.9. The van der Waals surface area contributed by atoms with Crippen LogP contribution in [-0.2, 0) is 0 Å². The van der Waals surface area contributed by atoms with Gasteiger partial charge in [0.1, 0.15) is 0 Å². The Morgan fingerprint density at radius 1 is 1.38 bits per heavy atom. The van der Waals surface area contributed by atoms with E-state index in [0.717, 1.165) is 0 Å². The Labute approximate surface area is 102 Å². The van der Waals surface area contributed by atoms with Gasteiger partial charge in [-0.05, 0) is 12.1 Å². The molecule has 0 spiro atoms. The molecule has 1 fully saturated rings. The van der Waals surface area contributed by atoms with Crippen molar-refractivity contribution in [2.24, 2.45) is 0 Å². The van der Waals surface area contributed by atoms with Crippen molar-refractivity contribution >= 4 is 28.8 Å². The van der Waals surface area contributed by atoms with E-state index in [1.54, 1.807) is 12.1 Å². The zero-order valence-corrected chi connectivity index (χ0v) is 10.0. The highest BCUT2D eigenvalue weighted by molar-refractivity contribution is 7.17. The molecule has 1 aliphatic heterocycles. The number of thiophene rings is 1. The second-order valence-corrected chi connectivity index (χ2v) is 5.57. The minimum Gasteiger partial charge on any atom is -0.391 e. The van der Waals surface area contributed by atoms with Crippen LogP contribution >= 0.6 is 22.9 Å². The monoisotopic (exact) mass is 261 g/mol. The summed E-state index contributed by atoms with van der Waals surface area (Å²) in [5.74, 6) is -0.185. The van der Waals surface area contributed by atoms with Crippen molar-refractivity contribution in [3.05, 3.63) is 21.3 Å². The summed E-state index contributed by atoms with van der Waals surface area (Å²) < 4.78 is 0.557. The Morgan fingerprint density at radius 2 is 2.00 bits per heavy atom. The average molecular weight is 262 g/mol. The Balaban J connectivity index is 2.09. The van der Waals surface area contributed by atoms with Crippen LogP contribution in [0.1, 0.15) is 16.1 Å². The quantitative estimate of drug-likeness (QED) is 0.792. The summed E-state index contributed by atoms with van der Waals surface area (Å²) in [4.78, 5) is 14.0. The lowest BCUT2D eigenvalue weighted by Gasteiger charge is -2.32. The molecule has 0 radical (unpaired) electrons. The Kier molecular flexibility index (Phi) is 3.49. The van der Waals surface area contributed by atoms with Gasteiger partial charge >= 0.3 is 0 Å². The largest absolute Gasteiger partial charge is 0.391 e. The topological polar surface area (TPSA) is 60.8 Å². The van der Waals surface area contributed by atoms with Crippen molar-refractivity contribution in [2.45, 2.75) is 18.6 Å². The first-order valence-corrected chi connectivity index (χ1v) is 6.16. The van der Waals surface area contributed by atoms with Gasteiger partial charge in [-0.25, -0.2) is 0 Å². The van der Waals surface area contributed by atoms with Gasteiger partial charge in [0, 0.05) is 19.5 Å². The number of β-amino-alcohol motifs (C(OH)–C–C–N with tert-alkyl or cyclic N) is 2. The molecule has 88 valence electrons. The molecule has 1 aromatic heterocycles. The zero-order valence-electron chi connectivity index (χ0n) is 8.47. The standard InChI is InChI=1S/C10H12ClNO3S/c11-9-2-1-8(16-9)10(15)12-4-6(13)3-7(14)5-12/h1-2,6-7,13-14H,3-5H2/t6-,7+. The molecule has 6 heteroatoms. The van der Waals surface area contributed by atoms with E-state index in [9.17, 15) is 15.0 Å². The SMILES string of the molecule is O=C(c1ccc(Cl)s1)N1C[C@H](O)C[C@H](O)C1. The Morgan fingerprint density at radius 3 is 2.50 bits per heavy atom. The van der Waals surface area contributed by atoms with Crippen molar-refractivity contribution in [3.8, 4) is 0 Å². The molecular formula is C10H12ClNO3S. The number of likely N-dealkylation sites (tertiary alicyclic amines) is 1. The summed E-state index contributed by atoms with van der Waals surface area (Å²) in [6, 6.07) is 3.32.